The molecule has 3 rings (SSSR count). The molecule has 0 saturated carbocycles. The third-order valence-corrected chi connectivity index (χ3v) is 5.16. The number of quaternary nitrogens is 1. The molecule has 1 aromatic heterocycles. The second-order valence-corrected chi connectivity index (χ2v) is 7.06. The van der Waals surface area contributed by atoms with Crippen LogP contribution < -0.4 is 11.9 Å². The number of aromatic nitrogens is 1. The van der Waals surface area contributed by atoms with Gasteiger partial charge in [0.25, 0.3) is 0 Å². The highest BCUT2D eigenvalue weighted by Gasteiger charge is 2.12. The first-order valence-corrected chi connectivity index (χ1v) is 8.30. The Hall–Kier alpha value is -2.00. The van der Waals surface area contributed by atoms with Crippen molar-refractivity contribution in [2.24, 2.45) is 0 Å². The SMILES string of the molecule is Cc1cc2sc(-c3ccc(N)cc3)nc2cc1S(=O)(=O)[O-].[NH4+]. The van der Waals surface area contributed by atoms with Crippen LogP contribution in [-0.4, -0.2) is 18.0 Å². The van der Waals surface area contributed by atoms with Crippen LogP contribution in [-0.2, 0) is 10.1 Å². The average molecular weight is 337 g/mol. The molecule has 1 heterocycles. The predicted molar refractivity (Wildman–Crippen MR) is 88.2 cm³/mol. The zero-order valence-electron chi connectivity index (χ0n) is 12.0. The fourth-order valence-corrected chi connectivity index (χ4v) is 3.84. The van der Waals surface area contributed by atoms with Gasteiger partial charge in [-0.2, -0.15) is 0 Å². The molecule has 116 valence electrons. The Balaban J connectivity index is 0.00000176. The molecule has 6 nitrogen and oxygen atoms in total. The van der Waals surface area contributed by atoms with Gasteiger partial charge >= 0.3 is 0 Å². The van der Waals surface area contributed by atoms with Crippen LogP contribution >= 0.6 is 11.3 Å². The van der Waals surface area contributed by atoms with Gasteiger partial charge in [-0.25, -0.2) is 13.4 Å². The van der Waals surface area contributed by atoms with Gasteiger partial charge in [0.2, 0.25) is 0 Å². The first kappa shape index (κ1) is 16.4. The van der Waals surface area contributed by atoms with E-state index in [9.17, 15) is 13.0 Å². The van der Waals surface area contributed by atoms with Crippen molar-refractivity contribution in [2.45, 2.75) is 11.8 Å². The largest absolute Gasteiger partial charge is 0.744 e. The highest BCUT2D eigenvalue weighted by atomic mass is 32.2. The van der Waals surface area contributed by atoms with Crippen LogP contribution in [0.3, 0.4) is 0 Å². The number of nitrogens with two attached hydrogens (primary N) is 1. The van der Waals surface area contributed by atoms with Gasteiger partial charge in [0.15, 0.2) is 0 Å². The first-order valence-electron chi connectivity index (χ1n) is 6.07. The molecule has 0 saturated heterocycles. The number of nitrogen functional groups attached to an aromatic ring is 1. The van der Waals surface area contributed by atoms with Crippen molar-refractivity contribution >= 4 is 37.4 Å². The van der Waals surface area contributed by atoms with Gasteiger partial charge in [-0.15, -0.1) is 11.3 Å². The number of benzene rings is 2. The molecular formula is C14H15N3O3S2. The van der Waals surface area contributed by atoms with E-state index in [0.717, 1.165) is 15.3 Å². The van der Waals surface area contributed by atoms with Crippen LogP contribution in [0.1, 0.15) is 5.56 Å². The number of fused-ring (bicyclic) bond motifs is 1. The molecule has 0 atom stereocenters. The summed E-state index contributed by atoms with van der Waals surface area (Å²) in [7, 11) is -4.49. The summed E-state index contributed by atoms with van der Waals surface area (Å²) in [4.78, 5) is 4.18. The molecular weight excluding hydrogens is 322 g/mol. The minimum Gasteiger partial charge on any atom is -0.744 e. The fraction of sp³-hybridized carbons (Fsp3) is 0.0714. The van der Waals surface area contributed by atoms with E-state index in [-0.39, 0.29) is 11.0 Å². The predicted octanol–water partition coefficient (Wildman–Crippen LogP) is 3.13. The van der Waals surface area contributed by atoms with Gasteiger partial charge in [-0.3, -0.25) is 0 Å². The van der Waals surface area contributed by atoms with Gasteiger partial charge in [-0.1, -0.05) is 0 Å². The number of anilines is 1. The molecule has 8 heteroatoms. The van der Waals surface area contributed by atoms with E-state index < -0.39 is 10.1 Å². The molecule has 2 aromatic carbocycles. The maximum Gasteiger partial charge on any atom is 0.124 e. The van der Waals surface area contributed by atoms with E-state index in [1.807, 2.05) is 12.1 Å². The summed E-state index contributed by atoms with van der Waals surface area (Å²) >= 11 is 1.44. The molecule has 0 aliphatic heterocycles. The Kier molecular flexibility index (Phi) is 4.21. The van der Waals surface area contributed by atoms with Crippen LogP contribution in [0, 0.1) is 6.92 Å². The topological polar surface area (TPSA) is 133 Å². The minimum atomic E-state index is -4.49. The molecule has 0 amide bonds. The van der Waals surface area contributed by atoms with Crippen molar-refractivity contribution in [1.82, 2.24) is 11.1 Å². The fourth-order valence-electron chi connectivity index (χ4n) is 2.07. The molecule has 3 aromatic rings. The first-order chi connectivity index (χ1) is 9.84. The standard InChI is InChI=1S/C14H12N2O3S2.H3N/c1-8-6-12-11(7-13(8)21(17,18)19)16-14(20-12)9-2-4-10(15)5-3-9;/h2-7H,15H2,1H3,(H,17,18,19);1H3. The Labute approximate surface area is 131 Å². The van der Waals surface area contributed by atoms with E-state index in [1.165, 1.54) is 17.4 Å². The zero-order chi connectivity index (χ0) is 15.2. The maximum absolute atomic E-state index is 11.2. The summed E-state index contributed by atoms with van der Waals surface area (Å²) in [6.07, 6.45) is 0. The van der Waals surface area contributed by atoms with Crippen molar-refractivity contribution in [3.8, 4) is 10.6 Å². The molecule has 0 radical (unpaired) electrons. The van der Waals surface area contributed by atoms with E-state index in [1.54, 1.807) is 25.1 Å². The molecule has 0 bridgehead atoms. The number of rotatable bonds is 2. The summed E-state index contributed by atoms with van der Waals surface area (Å²) in [6, 6.07) is 10.3. The third-order valence-electron chi connectivity index (χ3n) is 3.11. The van der Waals surface area contributed by atoms with Gasteiger partial charge in [0, 0.05) is 11.3 Å². The van der Waals surface area contributed by atoms with Crippen LogP contribution in [0.5, 0.6) is 0 Å². The lowest BCUT2D eigenvalue weighted by Crippen LogP contribution is -2.00. The Bertz CT molecular complexity index is 932. The normalized spacial score (nSPS) is 11.4. The molecule has 6 N–H and O–H groups in total. The monoisotopic (exact) mass is 337 g/mol. The van der Waals surface area contributed by atoms with E-state index in [0.29, 0.717) is 16.8 Å². The van der Waals surface area contributed by atoms with Gasteiger partial charge in [-0.05, 0) is 48.9 Å². The lowest BCUT2D eigenvalue weighted by atomic mass is 10.2. The second-order valence-electron chi connectivity index (χ2n) is 4.68. The van der Waals surface area contributed by atoms with E-state index in [2.05, 4.69) is 4.98 Å². The zero-order valence-corrected chi connectivity index (χ0v) is 13.7. The van der Waals surface area contributed by atoms with E-state index in [4.69, 9.17) is 5.73 Å². The van der Waals surface area contributed by atoms with Crippen molar-refractivity contribution in [2.75, 3.05) is 5.73 Å². The second kappa shape index (κ2) is 5.65. The summed E-state index contributed by atoms with van der Waals surface area (Å²) < 4.78 is 34.5. The summed E-state index contributed by atoms with van der Waals surface area (Å²) in [5, 5.41) is 0.754. The van der Waals surface area contributed by atoms with Crippen LogP contribution in [0.25, 0.3) is 20.8 Å². The Morgan fingerprint density at radius 3 is 2.41 bits per heavy atom. The lowest BCUT2D eigenvalue weighted by molar-refractivity contribution is 0.462. The van der Waals surface area contributed by atoms with Crippen LogP contribution in [0.4, 0.5) is 5.69 Å². The highest BCUT2D eigenvalue weighted by Crippen LogP contribution is 2.33. The third kappa shape index (κ3) is 2.95. The number of hydrogen-bond acceptors (Lipinski definition) is 6. The molecule has 0 fully saturated rings. The van der Waals surface area contributed by atoms with Crippen molar-refractivity contribution in [3.63, 3.8) is 0 Å². The van der Waals surface area contributed by atoms with Gasteiger partial charge in [0.05, 0.1) is 15.1 Å². The van der Waals surface area contributed by atoms with Gasteiger partial charge in [0.1, 0.15) is 15.1 Å². The maximum atomic E-state index is 11.2. The molecule has 0 unspecified atom stereocenters. The van der Waals surface area contributed by atoms with Crippen molar-refractivity contribution in [3.05, 3.63) is 42.0 Å². The Morgan fingerprint density at radius 2 is 1.82 bits per heavy atom. The minimum absolute atomic E-state index is 0. The smallest absolute Gasteiger partial charge is 0.124 e. The van der Waals surface area contributed by atoms with Crippen LogP contribution in [0.15, 0.2) is 41.3 Å². The Morgan fingerprint density at radius 1 is 1.18 bits per heavy atom. The average Bonchev–Trinajstić information content (AvgIpc) is 2.80. The number of hydrogen-bond donors (Lipinski definition) is 2. The van der Waals surface area contributed by atoms with Crippen molar-refractivity contribution in [1.29, 1.82) is 0 Å². The summed E-state index contributed by atoms with van der Waals surface area (Å²) in [6.45, 7) is 1.60. The summed E-state index contributed by atoms with van der Waals surface area (Å²) in [5.41, 5.74) is 8.15. The number of nitrogens with zero attached hydrogens (tertiary/aromatic N) is 1. The lowest BCUT2D eigenvalue weighted by Gasteiger charge is -2.09. The number of thiazole rings is 1. The van der Waals surface area contributed by atoms with Crippen LogP contribution in [0.2, 0.25) is 0 Å². The highest BCUT2D eigenvalue weighted by molar-refractivity contribution is 7.85. The van der Waals surface area contributed by atoms with E-state index >= 15 is 0 Å². The van der Waals surface area contributed by atoms with Crippen molar-refractivity contribution < 1.29 is 13.0 Å². The molecule has 0 aliphatic carbocycles. The number of aryl methyl sites for hydroxylation is 1. The summed E-state index contributed by atoms with van der Waals surface area (Å²) in [5.74, 6) is 0. The molecule has 0 aliphatic rings. The molecule has 22 heavy (non-hydrogen) atoms. The van der Waals surface area contributed by atoms with Gasteiger partial charge < -0.3 is 16.4 Å². The quantitative estimate of drug-likeness (QED) is 0.547. The molecule has 0 spiro atoms.